The van der Waals surface area contributed by atoms with Gasteiger partial charge in [-0.25, -0.2) is 14.8 Å². The summed E-state index contributed by atoms with van der Waals surface area (Å²) < 4.78 is 75.7. The number of ether oxygens (including phenoxy) is 1. The molecule has 0 atom stereocenters. The number of hydrogen-bond donors (Lipinski definition) is 4. The maximum Gasteiger partial charge on any atom is 0.331 e. The lowest BCUT2D eigenvalue weighted by atomic mass is 10.1. The van der Waals surface area contributed by atoms with Crippen LogP contribution >= 0.6 is 22.6 Å². The van der Waals surface area contributed by atoms with Crippen molar-refractivity contribution < 1.29 is 26.3 Å². The molecule has 0 saturated heterocycles. The zero-order valence-corrected chi connectivity index (χ0v) is 20.8. The van der Waals surface area contributed by atoms with E-state index in [1.165, 1.54) is 19.2 Å². The Morgan fingerprint density at radius 3 is 2.62 bits per heavy atom. The fourth-order valence-corrected chi connectivity index (χ4v) is 4.27. The normalized spacial score (nSPS) is 12.4. The van der Waals surface area contributed by atoms with Crippen LogP contribution < -0.4 is 25.6 Å². The van der Waals surface area contributed by atoms with Crippen molar-refractivity contribution in [3.8, 4) is 5.75 Å². The van der Waals surface area contributed by atoms with Crippen molar-refractivity contribution in [2.24, 2.45) is 5.14 Å². The number of nitrogen functional groups attached to an aromatic ring is 1. The predicted octanol–water partition coefficient (Wildman–Crippen LogP) is 1.07. The van der Waals surface area contributed by atoms with Gasteiger partial charge in [-0.05, 0) is 53.8 Å². The topological polar surface area (TPSA) is 163 Å². The molecule has 34 heavy (non-hydrogen) atoms. The third-order valence-corrected chi connectivity index (χ3v) is 6.27. The number of benzene rings is 1. The van der Waals surface area contributed by atoms with E-state index in [0.29, 0.717) is 13.0 Å². The second kappa shape index (κ2) is 10.5. The Balaban J connectivity index is 1.91. The Morgan fingerprint density at radius 1 is 1.21 bits per heavy atom. The van der Waals surface area contributed by atoms with Crippen LogP contribution in [0.15, 0.2) is 18.2 Å². The number of methoxy groups -OCH3 is 1. The molecule has 186 valence electrons. The lowest BCUT2D eigenvalue weighted by molar-refractivity contribution is 0.0282. The van der Waals surface area contributed by atoms with Gasteiger partial charge in [-0.3, -0.25) is 0 Å². The predicted molar refractivity (Wildman–Crippen MR) is 127 cm³/mol. The maximum atomic E-state index is 15.8. The first-order valence-electron chi connectivity index (χ1n) is 9.83. The molecule has 2 aromatic heterocycles. The van der Waals surface area contributed by atoms with Crippen molar-refractivity contribution in [2.45, 2.75) is 18.9 Å². The minimum atomic E-state index is -3.80. The largest absolute Gasteiger partial charge is 0.497 e. The quantitative estimate of drug-likeness (QED) is 0.142. The summed E-state index contributed by atoms with van der Waals surface area (Å²) in [5.41, 5.74) is 5.09. The maximum absolute atomic E-state index is 15.8. The van der Waals surface area contributed by atoms with E-state index in [1.54, 1.807) is 28.7 Å². The molecule has 0 saturated carbocycles. The van der Waals surface area contributed by atoms with Crippen LogP contribution in [-0.2, 0) is 22.7 Å². The number of nitrogens with one attached hydrogen (secondary N) is 2. The van der Waals surface area contributed by atoms with Crippen LogP contribution in [0.5, 0.6) is 5.75 Å². The van der Waals surface area contributed by atoms with Gasteiger partial charge in [0.25, 0.3) is 10.2 Å². The van der Waals surface area contributed by atoms with Gasteiger partial charge in [0, 0.05) is 28.8 Å². The van der Waals surface area contributed by atoms with Crippen LogP contribution in [-0.4, -0.2) is 54.7 Å². The molecule has 6 N–H and O–H groups in total. The minimum Gasteiger partial charge on any atom is -0.497 e. The van der Waals surface area contributed by atoms with E-state index in [9.17, 15) is 12.8 Å². The lowest BCUT2D eigenvalue weighted by Crippen LogP contribution is -2.36. The number of fused-ring (bicyclic) bond motifs is 1. The number of nitrogens with two attached hydrogens (primary N) is 2. The number of hydrogen-bond acceptors (Lipinski definition) is 8. The summed E-state index contributed by atoms with van der Waals surface area (Å²) in [6.07, 6.45) is -0.853. The van der Waals surface area contributed by atoms with Gasteiger partial charge in [-0.15, -0.1) is 0 Å². The van der Waals surface area contributed by atoms with Gasteiger partial charge >= 0.3 is 12.0 Å². The van der Waals surface area contributed by atoms with Gasteiger partial charge < -0.3 is 20.4 Å². The molecule has 0 aliphatic heterocycles. The number of aryl methyl sites for hydroxylation is 1. The third kappa shape index (κ3) is 6.04. The number of halogens is 4. The van der Waals surface area contributed by atoms with Crippen molar-refractivity contribution in [1.82, 2.24) is 29.6 Å². The zero-order valence-electron chi connectivity index (χ0n) is 17.9. The smallest absolute Gasteiger partial charge is 0.331 e. The van der Waals surface area contributed by atoms with E-state index in [2.05, 4.69) is 25.0 Å². The van der Waals surface area contributed by atoms with Crippen molar-refractivity contribution in [1.29, 1.82) is 0 Å². The number of nitrogens with zero attached hydrogens (tertiary/aromatic N) is 4. The first-order chi connectivity index (χ1) is 15.9. The zero-order chi connectivity index (χ0) is 25.1. The first kappa shape index (κ1) is 26.3. The van der Waals surface area contributed by atoms with E-state index in [0.717, 1.165) is 4.57 Å². The second-order valence-electron chi connectivity index (χ2n) is 7.10. The number of imidazole rings is 1. The Morgan fingerprint density at radius 2 is 1.94 bits per heavy atom. The summed E-state index contributed by atoms with van der Waals surface area (Å²) in [7, 11) is -2.43. The van der Waals surface area contributed by atoms with Crippen LogP contribution in [0.1, 0.15) is 17.8 Å². The molecule has 0 aliphatic rings. The molecule has 0 spiro atoms. The van der Waals surface area contributed by atoms with E-state index in [4.69, 9.17) is 15.6 Å². The number of rotatable bonds is 11. The fraction of sp³-hybridized carbons (Fsp3) is 0.389. The third-order valence-electron chi connectivity index (χ3n) is 4.73. The molecule has 2 heterocycles. The van der Waals surface area contributed by atoms with E-state index >= 15 is 8.78 Å². The first-order valence-corrected chi connectivity index (χ1v) is 12.5. The van der Waals surface area contributed by atoms with Crippen molar-refractivity contribution in [3.05, 3.63) is 39.2 Å². The Kier molecular flexibility index (Phi) is 8.17. The number of alkyl halides is 2. The van der Waals surface area contributed by atoms with Gasteiger partial charge in [-0.1, -0.05) is 0 Å². The molecule has 0 amide bonds. The molecule has 3 rings (SSSR count). The Hall–Kier alpha value is -2.28. The monoisotopic (exact) mass is 614 g/mol. The molecule has 0 fully saturated rings. The van der Waals surface area contributed by atoms with Crippen molar-refractivity contribution in [3.63, 3.8) is 0 Å². The van der Waals surface area contributed by atoms with Crippen LogP contribution in [0.4, 0.5) is 19.0 Å². The van der Waals surface area contributed by atoms with Gasteiger partial charge in [0.2, 0.25) is 0 Å². The molecule has 16 heteroatoms. The summed E-state index contributed by atoms with van der Waals surface area (Å²) in [5, 5.41) is 7.79. The van der Waals surface area contributed by atoms with Crippen LogP contribution in [0.3, 0.4) is 0 Å². The molecule has 1 aromatic carbocycles. The summed E-state index contributed by atoms with van der Waals surface area (Å²) in [6.45, 7) is 0.638. The highest BCUT2D eigenvalue weighted by Crippen LogP contribution is 2.40. The molecule has 0 radical (unpaired) electrons. The van der Waals surface area contributed by atoms with E-state index in [-0.39, 0.29) is 51.5 Å². The number of anilines is 1. The molecule has 3 aromatic rings. The Labute approximate surface area is 206 Å². The van der Waals surface area contributed by atoms with Crippen LogP contribution in [0, 0.1) is 9.65 Å². The average Bonchev–Trinajstić information content (AvgIpc) is 3.12. The molecular weight excluding hydrogens is 592 g/mol. The van der Waals surface area contributed by atoms with Gasteiger partial charge in [0.1, 0.15) is 5.75 Å². The summed E-state index contributed by atoms with van der Waals surface area (Å²) >= 11 is 1.79. The van der Waals surface area contributed by atoms with E-state index < -0.39 is 28.0 Å². The second-order valence-corrected chi connectivity index (χ2v) is 9.64. The van der Waals surface area contributed by atoms with E-state index in [1.807, 2.05) is 0 Å². The summed E-state index contributed by atoms with van der Waals surface area (Å²) in [4.78, 5) is 11.0. The molecule has 0 bridgehead atoms. The highest BCUT2D eigenvalue weighted by Gasteiger charge is 2.42. The van der Waals surface area contributed by atoms with Crippen LogP contribution in [0.2, 0.25) is 0 Å². The lowest BCUT2D eigenvalue weighted by Gasteiger charge is -2.20. The molecule has 0 unspecified atom stereocenters. The highest BCUT2D eigenvalue weighted by atomic mass is 127. The average molecular weight is 614 g/mol. The van der Waals surface area contributed by atoms with Gasteiger partial charge in [0.15, 0.2) is 22.8 Å². The Bertz CT molecular complexity index is 1290. The van der Waals surface area contributed by atoms with Gasteiger partial charge in [-0.2, -0.15) is 31.6 Å². The van der Waals surface area contributed by atoms with Gasteiger partial charge in [0.05, 0.1) is 7.11 Å². The van der Waals surface area contributed by atoms with Crippen LogP contribution in [0.25, 0.3) is 11.2 Å². The fourth-order valence-electron chi connectivity index (χ4n) is 3.21. The standard InChI is InChI=1S/C18H22F3IN8O3S/c1-33-10-3-4-12(22)11(9-10)18(20,21)16-27-13-14(23)28-17(19)29-15(13)30(16)8-2-5-25-6-7-26-34(24,31)32/h3-4,9,25-26H,2,5-8H2,1H3,(H2,23,28,29)(H2,24,31,32). The van der Waals surface area contributed by atoms with Crippen molar-refractivity contribution in [2.75, 3.05) is 32.5 Å². The number of aromatic nitrogens is 4. The van der Waals surface area contributed by atoms with Crippen molar-refractivity contribution >= 4 is 49.8 Å². The summed E-state index contributed by atoms with van der Waals surface area (Å²) in [5.74, 6) is -4.39. The minimum absolute atomic E-state index is 0.00647. The molecule has 11 nitrogen and oxygen atoms in total. The summed E-state index contributed by atoms with van der Waals surface area (Å²) in [6, 6.07) is 4.25. The SMILES string of the molecule is COc1ccc(I)c(C(F)(F)c2nc3c(N)nc(F)nc3n2CCCNCCNS(N)(=O)=O)c1. The molecule has 0 aliphatic carbocycles. The highest BCUT2D eigenvalue weighted by molar-refractivity contribution is 14.1. The molecular formula is C18H22F3IN8O3S.